The lowest BCUT2D eigenvalue weighted by Gasteiger charge is -2.16. The molecule has 0 fully saturated rings. The highest BCUT2D eigenvalue weighted by atomic mass is 16.5. The normalized spacial score (nSPS) is 12.6. The summed E-state index contributed by atoms with van der Waals surface area (Å²) in [4.78, 5) is 0. The van der Waals surface area contributed by atoms with Gasteiger partial charge in [-0.05, 0) is 38.0 Å². The van der Waals surface area contributed by atoms with Crippen molar-refractivity contribution in [1.29, 1.82) is 0 Å². The number of rotatable bonds is 4. The van der Waals surface area contributed by atoms with Gasteiger partial charge in [0.2, 0.25) is 0 Å². The minimum atomic E-state index is 0.348. The summed E-state index contributed by atoms with van der Waals surface area (Å²) in [5.74, 6) is 0. The zero-order valence-electron chi connectivity index (χ0n) is 9.42. The standard InChI is InChI=1S/C12H19NO/c1-9-5-6-10(2)12(7-9)13-11(3)8-14-4/h5-7,11,13H,8H2,1-4H3/t11-/m0/s1. The average Bonchev–Trinajstić information content (AvgIpc) is 2.12. The molecule has 2 heteroatoms. The third-order valence-corrected chi connectivity index (χ3v) is 2.21. The first kappa shape index (κ1) is 11.1. The highest BCUT2D eigenvalue weighted by molar-refractivity contribution is 5.53. The number of hydrogen-bond donors (Lipinski definition) is 1. The van der Waals surface area contributed by atoms with Crippen LogP contribution in [-0.4, -0.2) is 19.8 Å². The molecule has 0 aliphatic carbocycles. The highest BCUT2D eigenvalue weighted by Crippen LogP contribution is 2.17. The first-order chi connectivity index (χ1) is 6.63. The SMILES string of the molecule is COC[C@H](C)Nc1cc(C)ccc1C. The molecule has 0 amide bonds. The molecule has 0 aliphatic heterocycles. The predicted octanol–water partition coefficient (Wildman–Crippen LogP) is 2.75. The first-order valence-electron chi connectivity index (χ1n) is 4.96. The quantitative estimate of drug-likeness (QED) is 0.794. The predicted molar refractivity (Wildman–Crippen MR) is 60.9 cm³/mol. The van der Waals surface area contributed by atoms with Gasteiger partial charge in [-0.15, -0.1) is 0 Å². The molecule has 2 nitrogen and oxygen atoms in total. The van der Waals surface area contributed by atoms with E-state index in [-0.39, 0.29) is 0 Å². The monoisotopic (exact) mass is 193 g/mol. The summed E-state index contributed by atoms with van der Waals surface area (Å²) in [5, 5.41) is 3.43. The van der Waals surface area contributed by atoms with Crippen LogP contribution in [0.2, 0.25) is 0 Å². The molecular formula is C12H19NO. The molecule has 14 heavy (non-hydrogen) atoms. The van der Waals surface area contributed by atoms with Crippen molar-refractivity contribution in [3.8, 4) is 0 Å². The summed E-state index contributed by atoms with van der Waals surface area (Å²) in [6.07, 6.45) is 0. The molecule has 0 aliphatic rings. The molecule has 1 rings (SSSR count). The third-order valence-electron chi connectivity index (χ3n) is 2.21. The summed E-state index contributed by atoms with van der Waals surface area (Å²) in [5.41, 5.74) is 3.76. The number of ether oxygens (including phenoxy) is 1. The molecule has 1 aromatic carbocycles. The van der Waals surface area contributed by atoms with E-state index in [1.54, 1.807) is 7.11 Å². The Morgan fingerprint density at radius 2 is 2.07 bits per heavy atom. The van der Waals surface area contributed by atoms with Crippen molar-refractivity contribution in [2.45, 2.75) is 26.8 Å². The maximum absolute atomic E-state index is 5.08. The van der Waals surface area contributed by atoms with Crippen molar-refractivity contribution in [3.63, 3.8) is 0 Å². The molecule has 0 bridgehead atoms. The molecule has 0 saturated carbocycles. The first-order valence-corrected chi connectivity index (χ1v) is 4.96. The van der Waals surface area contributed by atoms with Crippen molar-refractivity contribution >= 4 is 5.69 Å². The van der Waals surface area contributed by atoms with Gasteiger partial charge in [-0.2, -0.15) is 0 Å². The van der Waals surface area contributed by atoms with Crippen LogP contribution < -0.4 is 5.32 Å². The molecular weight excluding hydrogens is 174 g/mol. The van der Waals surface area contributed by atoms with Crippen LogP contribution in [0.4, 0.5) is 5.69 Å². The molecule has 1 N–H and O–H groups in total. The molecule has 0 saturated heterocycles. The van der Waals surface area contributed by atoms with E-state index >= 15 is 0 Å². The Hall–Kier alpha value is -1.02. The molecule has 0 aromatic heterocycles. The topological polar surface area (TPSA) is 21.3 Å². The van der Waals surface area contributed by atoms with Crippen molar-refractivity contribution in [1.82, 2.24) is 0 Å². The Labute approximate surface area is 86.3 Å². The van der Waals surface area contributed by atoms with Gasteiger partial charge >= 0.3 is 0 Å². The lowest BCUT2D eigenvalue weighted by atomic mass is 10.1. The molecule has 0 spiro atoms. The second kappa shape index (κ2) is 5.01. The largest absolute Gasteiger partial charge is 0.383 e. The Morgan fingerprint density at radius 3 is 2.71 bits per heavy atom. The fourth-order valence-electron chi connectivity index (χ4n) is 1.45. The van der Waals surface area contributed by atoms with Crippen LogP contribution in [0.15, 0.2) is 18.2 Å². The maximum atomic E-state index is 5.08. The summed E-state index contributed by atoms with van der Waals surface area (Å²) in [7, 11) is 1.72. The van der Waals surface area contributed by atoms with Crippen LogP contribution in [0.25, 0.3) is 0 Å². The van der Waals surface area contributed by atoms with Crippen LogP contribution >= 0.6 is 0 Å². The van der Waals surface area contributed by atoms with E-state index in [2.05, 4.69) is 44.3 Å². The van der Waals surface area contributed by atoms with Gasteiger partial charge in [0.15, 0.2) is 0 Å². The number of benzene rings is 1. The molecule has 0 heterocycles. The second-order valence-corrected chi connectivity index (χ2v) is 3.82. The number of hydrogen-bond acceptors (Lipinski definition) is 2. The van der Waals surface area contributed by atoms with E-state index in [0.717, 1.165) is 6.61 Å². The second-order valence-electron chi connectivity index (χ2n) is 3.82. The van der Waals surface area contributed by atoms with E-state index in [1.807, 2.05) is 0 Å². The fraction of sp³-hybridized carbons (Fsp3) is 0.500. The van der Waals surface area contributed by atoms with Gasteiger partial charge in [0.25, 0.3) is 0 Å². The van der Waals surface area contributed by atoms with E-state index in [4.69, 9.17) is 4.74 Å². The van der Waals surface area contributed by atoms with Crippen molar-refractivity contribution in [2.75, 3.05) is 19.0 Å². The highest BCUT2D eigenvalue weighted by Gasteiger charge is 2.03. The summed E-state index contributed by atoms with van der Waals surface area (Å²) >= 11 is 0. The summed E-state index contributed by atoms with van der Waals surface area (Å²) < 4.78 is 5.08. The summed E-state index contributed by atoms with van der Waals surface area (Å²) in [6, 6.07) is 6.78. The van der Waals surface area contributed by atoms with Crippen LogP contribution in [0.5, 0.6) is 0 Å². The number of aryl methyl sites for hydroxylation is 2. The lowest BCUT2D eigenvalue weighted by molar-refractivity contribution is 0.190. The van der Waals surface area contributed by atoms with Gasteiger partial charge in [0.05, 0.1) is 6.61 Å². The van der Waals surface area contributed by atoms with Crippen LogP contribution in [0.3, 0.4) is 0 Å². The Kier molecular flexibility index (Phi) is 3.96. The van der Waals surface area contributed by atoms with Gasteiger partial charge in [-0.3, -0.25) is 0 Å². The Balaban J connectivity index is 2.70. The van der Waals surface area contributed by atoms with Gasteiger partial charge in [0.1, 0.15) is 0 Å². The zero-order valence-corrected chi connectivity index (χ0v) is 9.42. The average molecular weight is 193 g/mol. The molecule has 78 valence electrons. The maximum Gasteiger partial charge on any atom is 0.0661 e. The van der Waals surface area contributed by atoms with Crippen molar-refractivity contribution < 1.29 is 4.74 Å². The zero-order chi connectivity index (χ0) is 10.6. The summed E-state index contributed by atoms with van der Waals surface area (Å²) in [6.45, 7) is 7.06. The minimum absolute atomic E-state index is 0.348. The number of methoxy groups -OCH3 is 1. The van der Waals surface area contributed by atoms with Crippen LogP contribution in [-0.2, 0) is 4.74 Å². The van der Waals surface area contributed by atoms with E-state index in [0.29, 0.717) is 6.04 Å². The Morgan fingerprint density at radius 1 is 1.36 bits per heavy atom. The van der Waals surface area contributed by atoms with E-state index in [1.165, 1.54) is 16.8 Å². The van der Waals surface area contributed by atoms with Gasteiger partial charge in [0, 0.05) is 18.8 Å². The molecule has 0 radical (unpaired) electrons. The van der Waals surface area contributed by atoms with Gasteiger partial charge in [-0.25, -0.2) is 0 Å². The van der Waals surface area contributed by atoms with Gasteiger partial charge < -0.3 is 10.1 Å². The van der Waals surface area contributed by atoms with E-state index < -0.39 is 0 Å². The third kappa shape index (κ3) is 3.04. The van der Waals surface area contributed by atoms with Crippen molar-refractivity contribution in [2.24, 2.45) is 0 Å². The lowest BCUT2D eigenvalue weighted by Crippen LogP contribution is -2.21. The Bertz CT molecular complexity index is 296. The van der Waals surface area contributed by atoms with Gasteiger partial charge in [-0.1, -0.05) is 12.1 Å². The van der Waals surface area contributed by atoms with Crippen LogP contribution in [0, 0.1) is 13.8 Å². The van der Waals surface area contributed by atoms with Crippen LogP contribution in [0.1, 0.15) is 18.1 Å². The minimum Gasteiger partial charge on any atom is -0.383 e. The number of nitrogens with one attached hydrogen (secondary N) is 1. The van der Waals surface area contributed by atoms with E-state index in [9.17, 15) is 0 Å². The molecule has 1 aromatic rings. The van der Waals surface area contributed by atoms with Crippen molar-refractivity contribution in [3.05, 3.63) is 29.3 Å². The smallest absolute Gasteiger partial charge is 0.0661 e. The molecule has 0 unspecified atom stereocenters. The molecule has 1 atom stereocenters. The fourth-order valence-corrected chi connectivity index (χ4v) is 1.45. The number of anilines is 1.